The van der Waals surface area contributed by atoms with Crippen LogP contribution in [0.2, 0.25) is 0 Å². The summed E-state index contributed by atoms with van der Waals surface area (Å²) < 4.78 is 5.98. The van der Waals surface area contributed by atoms with E-state index in [2.05, 4.69) is 26.6 Å². The van der Waals surface area contributed by atoms with Gasteiger partial charge in [-0.15, -0.1) is 0 Å². The van der Waals surface area contributed by atoms with Crippen LogP contribution in [0.3, 0.4) is 0 Å². The minimum atomic E-state index is -0.583. The second kappa shape index (κ2) is 9.69. The van der Waals surface area contributed by atoms with Gasteiger partial charge in [0.25, 0.3) is 5.91 Å². The van der Waals surface area contributed by atoms with Crippen molar-refractivity contribution in [1.29, 1.82) is 0 Å². The number of amides is 2. The molecule has 3 rings (SSSR count). The molecule has 29 heavy (non-hydrogen) atoms. The SMILES string of the molecule is CCOC(=O)C(=CCC[C@H]1CCNC1=O)NC(=O)c1ccc2ccc(Br)cc2c1. The van der Waals surface area contributed by atoms with Crippen LogP contribution in [-0.4, -0.2) is 30.9 Å². The van der Waals surface area contributed by atoms with E-state index in [9.17, 15) is 14.4 Å². The largest absolute Gasteiger partial charge is 0.461 e. The molecule has 0 saturated carbocycles. The van der Waals surface area contributed by atoms with E-state index in [1.807, 2.05) is 24.3 Å². The van der Waals surface area contributed by atoms with E-state index in [1.165, 1.54) is 0 Å². The first-order valence-corrected chi connectivity index (χ1v) is 10.4. The highest BCUT2D eigenvalue weighted by atomic mass is 79.9. The van der Waals surface area contributed by atoms with Crippen molar-refractivity contribution in [3.63, 3.8) is 0 Å². The maximum atomic E-state index is 12.7. The molecule has 6 nitrogen and oxygen atoms in total. The molecule has 0 bridgehead atoms. The monoisotopic (exact) mass is 458 g/mol. The van der Waals surface area contributed by atoms with Crippen molar-refractivity contribution in [3.05, 3.63) is 58.2 Å². The molecular weight excluding hydrogens is 436 g/mol. The zero-order valence-corrected chi connectivity index (χ0v) is 17.8. The number of nitrogens with one attached hydrogen (secondary N) is 2. The fraction of sp³-hybridized carbons (Fsp3) is 0.318. The van der Waals surface area contributed by atoms with E-state index in [0.29, 0.717) is 24.9 Å². The Labute approximate surface area is 177 Å². The van der Waals surface area contributed by atoms with Gasteiger partial charge in [-0.3, -0.25) is 9.59 Å². The fourth-order valence-corrected chi connectivity index (χ4v) is 3.68. The molecule has 0 spiro atoms. The Morgan fingerprint density at radius 2 is 2.03 bits per heavy atom. The highest BCUT2D eigenvalue weighted by Crippen LogP contribution is 2.21. The summed E-state index contributed by atoms with van der Waals surface area (Å²) in [7, 11) is 0. The molecule has 1 fully saturated rings. The molecule has 2 N–H and O–H groups in total. The fourth-order valence-electron chi connectivity index (χ4n) is 3.30. The third kappa shape index (κ3) is 5.44. The van der Waals surface area contributed by atoms with Crippen LogP contribution in [0.15, 0.2) is 52.6 Å². The quantitative estimate of drug-likeness (QED) is 0.489. The first kappa shape index (κ1) is 21.0. The Hall–Kier alpha value is -2.67. The van der Waals surface area contributed by atoms with Crippen molar-refractivity contribution in [1.82, 2.24) is 10.6 Å². The average molecular weight is 459 g/mol. The van der Waals surface area contributed by atoms with Crippen LogP contribution in [0, 0.1) is 5.92 Å². The van der Waals surface area contributed by atoms with Gasteiger partial charge < -0.3 is 15.4 Å². The summed E-state index contributed by atoms with van der Waals surface area (Å²) in [5.74, 6) is -0.975. The summed E-state index contributed by atoms with van der Waals surface area (Å²) in [6.45, 7) is 2.61. The number of carbonyl (C=O) groups is 3. The lowest BCUT2D eigenvalue weighted by Crippen LogP contribution is -2.28. The molecule has 152 valence electrons. The van der Waals surface area contributed by atoms with Gasteiger partial charge >= 0.3 is 5.97 Å². The lowest BCUT2D eigenvalue weighted by atomic mass is 10.0. The van der Waals surface area contributed by atoms with Crippen LogP contribution in [0.25, 0.3) is 10.8 Å². The highest BCUT2D eigenvalue weighted by molar-refractivity contribution is 9.10. The summed E-state index contributed by atoms with van der Waals surface area (Å²) in [4.78, 5) is 36.7. The number of ether oxygens (including phenoxy) is 1. The van der Waals surface area contributed by atoms with Gasteiger partial charge in [0.05, 0.1) is 6.61 Å². The van der Waals surface area contributed by atoms with Gasteiger partial charge in [-0.2, -0.15) is 0 Å². The molecule has 1 aliphatic rings. The van der Waals surface area contributed by atoms with E-state index in [-0.39, 0.29) is 30.0 Å². The van der Waals surface area contributed by atoms with Gasteiger partial charge in [-0.05, 0) is 61.2 Å². The molecule has 1 atom stereocenters. The van der Waals surface area contributed by atoms with Crippen LogP contribution in [0.4, 0.5) is 0 Å². The molecule has 2 amide bonds. The van der Waals surface area contributed by atoms with Crippen LogP contribution in [0.5, 0.6) is 0 Å². The van der Waals surface area contributed by atoms with Crippen molar-refractivity contribution in [2.45, 2.75) is 26.2 Å². The Balaban J connectivity index is 1.73. The predicted octanol–water partition coefficient (Wildman–Crippen LogP) is 3.70. The first-order valence-electron chi connectivity index (χ1n) is 9.63. The molecule has 0 radical (unpaired) electrons. The minimum absolute atomic E-state index is 0.0439. The number of carbonyl (C=O) groups excluding carboxylic acids is 3. The smallest absolute Gasteiger partial charge is 0.354 e. The average Bonchev–Trinajstić information content (AvgIpc) is 3.11. The van der Waals surface area contributed by atoms with Gasteiger partial charge in [-0.25, -0.2) is 4.79 Å². The normalized spacial score (nSPS) is 16.6. The van der Waals surface area contributed by atoms with Gasteiger partial charge in [0.2, 0.25) is 5.91 Å². The van der Waals surface area contributed by atoms with Gasteiger partial charge in [0, 0.05) is 22.5 Å². The number of hydrogen-bond acceptors (Lipinski definition) is 4. The molecule has 2 aromatic rings. The van der Waals surface area contributed by atoms with Crippen LogP contribution >= 0.6 is 15.9 Å². The second-order valence-corrected chi connectivity index (χ2v) is 7.77. The van der Waals surface area contributed by atoms with E-state index in [4.69, 9.17) is 4.74 Å². The predicted molar refractivity (Wildman–Crippen MR) is 114 cm³/mol. The van der Waals surface area contributed by atoms with Gasteiger partial charge in [0.1, 0.15) is 5.70 Å². The van der Waals surface area contributed by atoms with Crippen molar-refractivity contribution in [2.75, 3.05) is 13.2 Å². The third-order valence-electron chi connectivity index (χ3n) is 4.83. The molecule has 1 heterocycles. The van der Waals surface area contributed by atoms with Crippen molar-refractivity contribution >= 4 is 44.5 Å². The molecular formula is C22H23BrN2O4. The Bertz CT molecular complexity index is 970. The van der Waals surface area contributed by atoms with Crippen LogP contribution in [0.1, 0.15) is 36.5 Å². The summed E-state index contributed by atoms with van der Waals surface area (Å²) in [5, 5.41) is 7.40. The number of allylic oxidation sites excluding steroid dienone is 1. The van der Waals surface area contributed by atoms with Crippen molar-refractivity contribution in [2.24, 2.45) is 5.92 Å². The lowest BCUT2D eigenvalue weighted by molar-refractivity contribution is -0.138. The molecule has 1 saturated heterocycles. The number of esters is 1. The maximum Gasteiger partial charge on any atom is 0.354 e. The number of benzene rings is 2. The zero-order chi connectivity index (χ0) is 20.8. The number of halogens is 1. The summed E-state index contributed by atoms with van der Waals surface area (Å²) >= 11 is 3.43. The van der Waals surface area contributed by atoms with E-state index >= 15 is 0 Å². The molecule has 2 aromatic carbocycles. The summed E-state index contributed by atoms with van der Waals surface area (Å²) in [5.41, 5.74) is 0.547. The van der Waals surface area contributed by atoms with Gasteiger partial charge in [0.15, 0.2) is 0 Å². The number of rotatable bonds is 7. The zero-order valence-electron chi connectivity index (χ0n) is 16.2. The molecule has 0 aromatic heterocycles. The summed E-state index contributed by atoms with van der Waals surface area (Å²) in [6, 6.07) is 11.2. The Morgan fingerprint density at radius 1 is 1.24 bits per heavy atom. The summed E-state index contributed by atoms with van der Waals surface area (Å²) in [6.07, 6.45) is 3.55. The Morgan fingerprint density at radius 3 is 2.76 bits per heavy atom. The van der Waals surface area contributed by atoms with E-state index < -0.39 is 5.97 Å². The van der Waals surface area contributed by atoms with Crippen molar-refractivity contribution in [3.8, 4) is 0 Å². The molecule has 7 heteroatoms. The maximum absolute atomic E-state index is 12.7. The Kier molecular flexibility index (Phi) is 7.04. The van der Waals surface area contributed by atoms with E-state index in [0.717, 1.165) is 21.7 Å². The van der Waals surface area contributed by atoms with Crippen molar-refractivity contribution < 1.29 is 19.1 Å². The topological polar surface area (TPSA) is 84.5 Å². The first-order chi connectivity index (χ1) is 14.0. The minimum Gasteiger partial charge on any atom is -0.461 e. The van der Waals surface area contributed by atoms with Gasteiger partial charge in [-0.1, -0.05) is 34.1 Å². The highest BCUT2D eigenvalue weighted by Gasteiger charge is 2.23. The van der Waals surface area contributed by atoms with Crippen LogP contribution < -0.4 is 10.6 Å². The van der Waals surface area contributed by atoms with Crippen LogP contribution in [-0.2, 0) is 14.3 Å². The molecule has 1 aliphatic heterocycles. The number of fused-ring (bicyclic) bond motifs is 1. The molecule has 0 aliphatic carbocycles. The lowest BCUT2D eigenvalue weighted by Gasteiger charge is -2.11. The molecule has 0 unspecified atom stereocenters. The third-order valence-corrected chi connectivity index (χ3v) is 5.33. The second-order valence-electron chi connectivity index (χ2n) is 6.85. The standard InChI is InChI=1S/C22H23BrN2O4/c1-2-29-22(28)19(5-3-4-15-10-11-24-20(15)26)25-21(27)16-7-6-14-8-9-18(23)13-17(14)12-16/h5-9,12-13,15H,2-4,10-11H2,1H3,(H,24,26)(H,25,27)/t15-/m0/s1. The number of hydrogen-bond donors (Lipinski definition) is 2. The van der Waals surface area contributed by atoms with E-state index in [1.54, 1.807) is 25.1 Å².